The van der Waals surface area contributed by atoms with Gasteiger partial charge < -0.3 is 10.6 Å². The first-order valence-electron chi connectivity index (χ1n) is 6.84. The largest absolute Gasteiger partial charge is 0.342 e. The maximum atomic E-state index is 11.9. The molecule has 1 saturated heterocycles. The molecule has 0 aliphatic carbocycles. The van der Waals surface area contributed by atoms with Crippen molar-refractivity contribution in [2.45, 2.75) is 59.4 Å². The Kier molecular flexibility index (Phi) is 4.99. The molecule has 0 saturated carbocycles. The van der Waals surface area contributed by atoms with Crippen molar-refractivity contribution in [3.63, 3.8) is 0 Å². The molecule has 0 radical (unpaired) electrons. The van der Waals surface area contributed by atoms with E-state index < -0.39 is 0 Å². The number of hydrogen-bond acceptors (Lipinski definition) is 2. The van der Waals surface area contributed by atoms with E-state index in [1.165, 1.54) is 0 Å². The first-order chi connectivity index (χ1) is 7.80. The first kappa shape index (κ1) is 14.5. The average Bonchev–Trinajstić information content (AvgIpc) is 2.54. The van der Waals surface area contributed by atoms with Gasteiger partial charge in [0.15, 0.2) is 0 Å². The number of amides is 1. The lowest BCUT2D eigenvalue weighted by Crippen LogP contribution is -2.28. The SMILES string of the molecule is CC(N)CCCCN1CC(C(C)(C)C)CC1=O. The van der Waals surface area contributed by atoms with Gasteiger partial charge in [0.05, 0.1) is 0 Å². The maximum absolute atomic E-state index is 11.9. The number of hydrogen-bond donors (Lipinski definition) is 1. The van der Waals surface area contributed by atoms with Gasteiger partial charge in [-0.2, -0.15) is 0 Å². The average molecular weight is 240 g/mol. The summed E-state index contributed by atoms with van der Waals surface area (Å²) in [6.45, 7) is 10.6. The van der Waals surface area contributed by atoms with Crippen LogP contribution in [0.2, 0.25) is 0 Å². The molecule has 2 unspecified atom stereocenters. The zero-order chi connectivity index (χ0) is 13.1. The molecule has 2 N–H and O–H groups in total. The summed E-state index contributed by atoms with van der Waals surface area (Å²) >= 11 is 0. The minimum atomic E-state index is 0.246. The van der Waals surface area contributed by atoms with Gasteiger partial charge in [0, 0.05) is 25.6 Å². The highest BCUT2D eigenvalue weighted by atomic mass is 16.2. The third-order valence-corrected chi connectivity index (χ3v) is 3.78. The summed E-state index contributed by atoms with van der Waals surface area (Å²) in [6, 6.07) is 0.284. The number of nitrogens with two attached hydrogens (primary N) is 1. The molecule has 1 aliphatic heterocycles. The van der Waals surface area contributed by atoms with Gasteiger partial charge >= 0.3 is 0 Å². The minimum Gasteiger partial charge on any atom is -0.342 e. The molecule has 3 nitrogen and oxygen atoms in total. The van der Waals surface area contributed by atoms with Gasteiger partial charge in [-0.25, -0.2) is 0 Å². The van der Waals surface area contributed by atoms with Crippen LogP contribution in [0.4, 0.5) is 0 Å². The van der Waals surface area contributed by atoms with E-state index in [1.807, 2.05) is 11.8 Å². The number of rotatable bonds is 5. The van der Waals surface area contributed by atoms with Gasteiger partial charge in [-0.15, -0.1) is 0 Å². The van der Waals surface area contributed by atoms with Crippen molar-refractivity contribution in [2.24, 2.45) is 17.1 Å². The van der Waals surface area contributed by atoms with Crippen LogP contribution in [-0.2, 0) is 4.79 Å². The fraction of sp³-hybridized carbons (Fsp3) is 0.929. The number of unbranched alkanes of at least 4 members (excludes halogenated alkanes) is 1. The minimum absolute atomic E-state index is 0.246. The summed E-state index contributed by atoms with van der Waals surface area (Å²) in [5, 5.41) is 0. The van der Waals surface area contributed by atoms with E-state index in [4.69, 9.17) is 5.73 Å². The number of likely N-dealkylation sites (tertiary alicyclic amines) is 1. The van der Waals surface area contributed by atoms with E-state index in [-0.39, 0.29) is 11.5 Å². The third-order valence-electron chi connectivity index (χ3n) is 3.78. The van der Waals surface area contributed by atoms with Gasteiger partial charge in [0.2, 0.25) is 5.91 Å². The lowest BCUT2D eigenvalue weighted by molar-refractivity contribution is -0.127. The predicted octanol–water partition coefficient (Wildman–Crippen LogP) is 2.40. The molecule has 0 aromatic heterocycles. The van der Waals surface area contributed by atoms with E-state index >= 15 is 0 Å². The van der Waals surface area contributed by atoms with Crippen molar-refractivity contribution >= 4 is 5.91 Å². The highest BCUT2D eigenvalue weighted by Gasteiger charge is 2.36. The lowest BCUT2D eigenvalue weighted by atomic mass is 9.80. The topological polar surface area (TPSA) is 46.3 Å². The molecule has 1 rings (SSSR count). The molecule has 0 spiro atoms. The molecular formula is C14H28N2O. The molecule has 0 aromatic rings. The fourth-order valence-electron chi connectivity index (χ4n) is 2.34. The van der Waals surface area contributed by atoms with Gasteiger partial charge in [-0.3, -0.25) is 4.79 Å². The van der Waals surface area contributed by atoms with Gasteiger partial charge in [0.25, 0.3) is 0 Å². The second kappa shape index (κ2) is 5.85. The van der Waals surface area contributed by atoms with E-state index in [1.54, 1.807) is 0 Å². The zero-order valence-corrected chi connectivity index (χ0v) is 11.8. The van der Waals surface area contributed by atoms with Gasteiger partial charge in [0.1, 0.15) is 0 Å². The Hall–Kier alpha value is -0.570. The van der Waals surface area contributed by atoms with Crippen molar-refractivity contribution in [2.75, 3.05) is 13.1 Å². The molecule has 100 valence electrons. The summed E-state index contributed by atoms with van der Waals surface area (Å²) in [6.07, 6.45) is 4.01. The fourth-order valence-corrected chi connectivity index (χ4v) is 2.34. The Morgan fingerprint density at radius 2 is 2.06 bits per heavy atom. The second-order valence-corrected chi connectivity index (χ2v) is 6.58. The molecule has 1 aliphatic rings. The van der Waals surface area contributed by atoms with Crippen LogP contribution in [0.3, 0.4) is 0 Å². The van der Waals surface area contributed by atoms with Crippen LogP contribution >= 0.6 is 0 Å². The molecule has 1 fully saturated rings. The predicted molar refractivity (Wildman–Crippen MR) is 71.6 cm³/mol. The summed E-state index contributed by atoms with van der Waals surface area (Å²) in [5.74, 6) is 0.856. The second-order valence-electron chi connectivity index (χ2n) is 6.58. The van der Waals surface area contributed by atoms with E-state index in [0.29, 0.717) is 11.8 Å². The lowest BCUT2D eigenvalue weighted by Gasteiger charge is -2.26. The molecule has 0 aromatic carbocycles. The van der Waals surface area contributed by atoms with Crippen molar-refractivity contribution in [1.29, 1.82) is 0 Å². The van der Waals surface area contributed by atoms with Crippen LogP contribution in [0.1, 0.15) is 53.4 Å². The zero-order valence-electron chi connectivity index (χ0n) is 11.8. The van der Waals surface area contributed by atoms with Crippen LogP contribution in [-0.4, -0.2) is 29.9 Å². The number of carbonyl (C=O) groups is 1. The Morgan fingerprint density at radius 3 is 2.53 bits per heavy atom. The first-order valence-corrected chi connectivity index (χ1v) is 6.84. The molecule has 2 atom stereocenters. The maximum Gasteiger partial charge on any atom is 0.222 e. The van der Waals surface area contributed by atoms with Crippen molar-refractivity contribution < 1.29 is 4.79 Å². The smallest absolute Gasteiger partial charge is 0.222 e. The normalized spacial score (nSPS) is 23.2. The van der Waals surface area contributed by atoms with Crippen LogP contribution in [0.25, 0.3) is 0 Å². The molecule has 1 amide bonds. The van der Waals surface area contributed by atoms with Crippen molar-refractivity contribution in [1.82, 2.24) is 4.90 Å². The number of carbonyl (C=O) groups excluding carboxylic acids is 1. The Bertz CT molecular complexity index is 255. The third kappa shape index (κ3) is 4.66. The summed E-state index contributed by atoms with van der Waals surface area (Å²) in [4.78, 5) is 13.9. The van der Waals surface area contributed by atoms with E-state index in [2.05, 4.69) is 20.8 Å². The van der Waals surface area contributed by atoms with Gasteiger partial charge in [-0.1, -0.05) is 27.2 Å². The molecule has 3 heteroatoms. The van der Waals surface area contributed by atoms with Crippen LogP contribution in [0.5, 0.6) is 0 Å². The van der Waals surface area contributed by atoms with Crippen LogP contribution < -0.4 is 5.73 Å². The quantitative estimate of drug-likeness (QED) is 0.750. The monoisotopic (exact) mass is 240 g/mol. The highest BCUT2D eigenvalue weighted by Crippen LogP contribution is 2.34. The Morgan fingerprint density at radius 1 is 1.41 bits per heavy atom. The van der Waals surface area contributed by atoms with Crippen molar-refractivity contribution in [3.8, 4) is 0 Å². The molecule has 1 heterocycles. The summed E-state index contributed by atoms with van der Waals surface area (Å²) in [5.41, 5.74) is 5.96. The highest BCUT2D eigenvalue weighted by molar-refractivity contribution is 5.78. The van der Waals surface area contributed by atoms with Crippen LogP contribution in [0, 0.1) is 11.3 Å². The van der Waals surface area contributed by atoms with E-state index in [0.717, 1.165) is 38.8 Å². The van der Waals surface area contributed by atoms with E-state index in [9.17, 15) is 4.79 Å². The number of nitrogens with zero attached hydrogens (tertiary/aromatic N) is 1. The Labute approximate surface area is 106 Å². The molecular weight excluding hydrogens is 212 g/mol. The molecule has 17 heavy (non-hydrogen) atoms. The van der Waals surface area contributed by atoms with Gasteiger partial charge in [-0.05, 0) is 31.1 Å². The van der Waals surface area contributed by atoms with Crippen LogP contribution in [0.15, 0.2) is 0 Å². The Balaban J connectivity index is 2.29. The van der Waals surface area contributed by atoms with Crippen molar-refractivity contribution in [3.05, 3.63) is 0 Å². The summed E-state index contributed by atoms with van der Waals surface area (Å²) < 4.78 is 0. The summed E-state index contributed by atoms with van der Waals surface area (Å²) in [7, 11) is 0. The standard InChI is InChI=1S/C14H28N2O/c1-11(15)7-5-6-8-16-10-12(9-13(16)17)14(2,3)4/h11-12H,5-10,15H2,1-4H3. The molecule has 0 bridgehead atoms.